The minimum absolute atomic E-state index is 0.124. The zero-order chi connectivity index (χ0) is 50.0. The van der Waals surface area contributed by atoms with E-state index in [0.29, 0.717) is 12.8 Å². The van der Waals surface area contributed by atoms with Gasteiger partial charge in [0.25, 0.3) is 0 Å². The van der Waals surface area contributed by atoms with Crippen LogP contribution in [0.25, 0.3) is 0 Å². The molecule has 0 heterocycles. The highest BCUT2D eigenvalue weighted by Gasteiger charge is 2.19. The summed E-state index contributed by atoms with van der Waals surface area (Å²) in [6.45, 7) is 6.28. The van der Waals surface area contributed by atoms with E-state index in [9.17, 15) is 14.4 Å². The molecule has 0 saturated carbocycles. The van der Waals surface area contributed by atoms with Crippen molar-refractivity contribution >= 4 is 17.9 Å². The molecule has 69 heavy (non-hydrogen) atoms. The molecule has 0 radical (unpaired) electrons. The predicted octanol–water partition coefficient (Wildman–Crippen LogP) is 18.4. The third-order valence-electron chi connectivity index (χ3n) is 10.8. The van der Waals surface area contributed by atoms with Gasteiger partial charge in [-0.2, -0.15) is 0 Å². The average molecular weight is 951 g/mol. The normalized spacial score (nSPS) is 13.3. The van der Waals surface area contributed by atoms with Crippen molar-refractivity contribution in [2.45, 2.75) is 219 Å². The molecule has 0 rings (SSSR count). The smallest absolute Gasteiger partial charge is 0.306 e. The van der Waals surface area contributed by atoms with Crippen LogP contribution in [-0.2, 0) is 28.6 Å². The van der Waals surface area contributed by atoms with Gasteiger partial charge < -0.3 is 14.2 Å². The van der Waals surface area contributed by atoms with Crippen LogP contribution in [0.1, 0.15) is 213 Å². The summed E-state index contributed by atoms with van der Waals surface area (Å²) in [7, 11) is 0. The highest BCUT2D eigenvalue weighted by atomic mass is 16.6. The number of ether oxygens (including phenoxy) is 3. The molecule has 0 aromatic rings. The summed E-state index contributed by atoms with van der Waals surface area (Å²) in [5.41, 5.74) is 0. The number of unbranched alkanes of at least 4 members (excludes halogenated alkanes) is 12. The van der Waals surface area contributed by atoms with E-state index in [0.717, 1.165) is 141 Å². The molecule has 0 aromatic heterocycles. The third-order valence-corrected chi connectivity index (χ3v) is 10.8. The largest absolute Gasteiger partial charge is 0.462 e. The number of hydrogen-bond donors (Lipinski definition) is 0. The first-order valence-corrected chi connectivity index (χ1v) is 27.3. The lowest BCUT2D eigenvalue weighted by Gasteiger charge is -2.18. The van der Waals surface area contributed by atoms with Gasteiger partial charge in [0.1, 0.15) is 13.2 Å². The fourth-order valence-electron chi connectivity index (χ4n) is 6.76. The predicted molar refractivity (Wildman–Crippen MR) is 297 cm³/mol. The monoisotopic (exact) mass is 951 g/mol. The molecule has 0 saturated heterocycles. The lowest BCUT2D eigenvalue weighted by atomic mass is 10.1. The lowest BCUT2D eigenvalue weighted by molar-refractivity contribution is -0.167. The second-order valence-electron chi connectivity index (χ2n) is 17.4. The zero-order valence-electron chi connectivity index (χ0n) is 44.0. The van der Waals surface area contributed by atoms with Crippen molar-refractivity contribution in [3.63, 3.8) is 0 Å². The number of esters is 3. The van der Waals surface area contributed by atoms with Gasteiger partial charge >= 0.3 is 17.9 Å². The molecule has 0 aliphatic carbocycles. The maximum Gasteiger partial charge on any atom is 0.306 e. The maximum atomic E-state index is 12.8. The number of allylic oxidation sites excluding steroid dienone is 24. The van der Waals surface area contributed by atoms with Crippen LogP contribution in [0.4, 0.5) is 0 Å². The van der Waals surface area contributed by atoms with Crippen LogP contribution >= 0.6 is 0 Å². The summed E-state index contributed by atoms with van der Waals surface area (Å²) < 4.78 is 16.8. The maximum absolute atomic E-state index is 12.8. The van der Waals surface area contributed by atoms with Gasteiger partial charge in [-0.25, -0.2) is 0 Å². The van der Waals surface area contributed by atoms with Gasteiger partial charge in [0.15, 0.2) is 6.10 Å². The number of carbonyl (C=O) groups excluding carboxylic acids is 3. The van der Waals surface area contributed by atoms with Crippen molar-refractivity contribution in [1.82, 2.24) is 0 Å². The van der Waals surface area contributed by atoms with Gasteiger partial charge in [0, 0.05) is 19.3 Å². The molecule has 1 atom stereocenters. The Hall–Kier alpha value is -4.71. The highest BCUT2D eigenvalue weighted by molar-refractivity contribution is 5.71. The summed E-state index contributed by atoms with van der Waals surface area (Å²) >= 11 is 0. The van der Waals surface area contributed by atoms with E-state index in [1.165, 1.54) is 25.7 Å². The molecule has 0 bridgehead atoms. The minimum Gasteiger partial charge on any atom is -0.462 e. The Morgan fingerprint density at radius 3 is 0.913 bits per heavy atom. The summed E-state index contributed by atoms with van der Waals surface area (Å²) in [6.07, 6.45) is 79.7. The Morgan fingerprint density at radius 1 is 0.304 bits per heavy atom. The van der Waals surface area contributed by atoms with Gasteiger partial charge in [0.2, 0.25) is 0 Å². The molecule has 6 nitrogen and oxygen atoms in total. The van der Waals surface area contributed by atoms with Crippen molar-refractivity contribution in [1.29, 1.82) is 0 Å². The fraction of sp³-hybridized carbons (Fsp3) is 0.571. The SMILES string of the molecule is CC/C=C\C/C=C\C/C=C\C/C=C\C/C=C\CCCCCC(=O)OC[C@H](COC(=O)CCCC/C=C\C/C=C\C/C=C\C/C=C\CC)OC(=O)CCCCCC/C=C\C/C=C\C/C=C\CCCCC. The number of carbonyl (C=O) groups is 3. The van der Waals surface area contributed by atoms with Crippen molar-refractivity contribution < 1.29 is 28.6 Å². The van der Waals surface area contributed by atoms with E-state index < -0.39 is 6.10 Å². The third kappa shape index (κ3) is 54.1. The van der Waals surface area contributed by atoms with Crippen molar-refractivity contribution in [2.75, 3.05) is 13.2 Å². The van der Waals surface area contributed by atoms with E-state index >= 15 is 0 Å². The molecule has 6 heteroatoms. The first-order chi connectivity index (χ1) is 34.0. The molecule has 0 aromatic carbocycles. The van der Waals surface area contributed by atoms with Crippen molar-refractivity contribution in [3.05, 3.63) is 146 Å². The average Bonchev–Trinajstić information content (AvgIpc) is 3.35. The Bertz CT molecular complexity index is 1560. The molecule has 0 aliphatic rings. The van der Waals surface area contributed by atoms with Crippen LogP contribution in [-0.4, -0.2) is 37.2 Å². The van der Waals surface area contributed by atoms with Crippen LogP contribution in [0.5, 0.6) is 0 Å². The van der Waals surface area contributed by atoms with Gasteiger partial charge in [-0.15, -0.1) is 0 Å². The molecular formula is C63H98O6. The summed E-state index contributed by atoms with van der Waals surface area (Å²) in [5.74, 6) is -1.03. The highest BCUT2D eigenvalue weighted by Crippen LogP contribution is 2.11. The van der Waals surface area contributed by atoms with E-state index in [-0.39, 0.29) is 44.0 Å². The zero-order valence-corrected chi connectivity index (χ0v) is 44.0. The standard InChI is InChI=1S/C63H98O6/c1-4-7-10-13-16-19-22-25-28-30-31-33-35-38-41-44-47-50-53-56-62(65)68-59-60(58-67-61(64)55-52-49-46-43-40-37-34-27-24-21-18-15-12-9-6-3)69-63(66)57-54-51-48-45-42-39-36-32-29-26-23-20-17-14-11-8-5-2/h7,9-10,12,16-21,25-29,31,33-34,36,38-41,43,60H,4-6,8,11,13-15,22-24,30,32,35,37,42,44-59H2,1-3H3/b10-7-,12-9-,19-16-,20-17-,21-18-,28-25-,29-26-,33-31-,34-27-,39-36-,41-38-,43-40-/t60-/m0/s1. The summed E-state index contributed by atoms with van der Waals surface area (Å²) in [5, 5.41) is 0. The molecule has 0 aliphatic heterocycles. The van der Waals surface area contributed by atoms with Crippen LogP contribution in [0, 0.1) is 0 Å². The Labute approximate surface area is 423 Å². The molecule has 0 fully saturated rings. The summed E-state index contributed by atoms with van der Waals surface area (Å²) in [6, 6.07) is 0. The Balaban J connectivity index is 4.58. The van der Waals surface area contributed by atoms with E-state index in [2.05, 4.69) is 167 Å². The topological polar surface area (TPSA) is 78.9 Å². The molecule has 0 unspecified atom stereocenters. The van der Waals surface area contributed by atoms with Crippen LogP contribution in [0.3, 0.4) is 0 Å². The van der Waals surface area contributed by atoms with Crippen LogP contribution in [0.15, 0.2) is 146 Å². The van der Waals surface area contributed by atoms with Gasteiger partial charge in [-0.3, -0.25) is 14.4 Å². The second kappa shape index (κ2) is 55.9. The van der Waals surface area contributed by atoms with Crippen molar-refractivity contribution in [3.8, 4) is 0 Å². The first-order valence-electron chi connectivity index (χ1n) is 27.3. The van der Waals surface area contributed by atoms with Gasteiger partial charge in [-0.05, 0) is 141 Å². The molecule has 386 valence electrons. The summed E-state index contributed by atoms with van der Waals surface area (Å²) in [4.78, 5) is 38.1. The van der Waals surface area contributed by atoms with Crippen LogP contribution in [0.2, 0.25) is 0 Å². The van der Waals surface area contributed by atoms with Crippen molar-refractivity contribution in [2.24, 2.45) is 0 Å². The number of rotatable bonds is 47. The number of hydrogen-bond acceptors (Lipinski definition) is 6. The first kappa shape index (κ1) is 64.3. The van der Waals surface area contributed by atoms with Crippen LogP contribution < -0.4 is 0 Å². The van der Waals surface area contributed by atoms with E-state index in [1.54, 1.807) is 0 Å². The Morgan fingerprint density at radius 2 is 0.565 bits per heavy atom. The second-order valence-corrected chi connectivity index (χ2v) is 17.4. The van der Waals surface area contributed by atoms with E-state index in [4.69, 9.17) is 14.2 Å². The fourth-order valence-corrected chi connectivity index (χ4v) is 6.76. The molecular weight excluding hydrogens is 853 g/mol. The molecule has 0 spiro atoms. The molecule has 0 N–H and O–H groups in total. The minimum atomic E-state index is -0.828. The van der Waals surface area contributed by atoms with Gasteiger partial charge in [-0.1, -0.05) is 199 Å². The molecule has 0 amide bonds. The lowest BCUT2D eigenvalue weighted by Crippen LogP contribution is -2.30. The Kier molecular flexibility index (Phi) is 52.1. The quantitative estimate of drug-likeness (QED) is 0.0262. The van der Waals surface area contributed by atoms with Gasteiger partial charge in [0.05, 0.1) is 0 Å². The van der Waals surface area contributed by atoms with E-state index in [1.807, 2.05) is 0 Å².